The molecule has 0 aromatic heterocycles. The topological polar surface area (TPSA) is 18.5 Å². The van der Waals surface area contributed by atoms with Crippen LogP contribution in [0, 0.1) is 6.92 Å². The zero-order valence-electron chi connectivity index (χ0n) is 11.3. The third kappa shape index (κ3) is 2.54. The number of halogens is 1. The summed E-state index contributed by atoms with van der Waals surface area (Å²) in [6, 6.07) is 8.29. The second kappa shape index (κ2) is 4.76. The largest absolute Gasteiger partial charge is 0.347 e. The summed E-state index contributed by atoms with van der Waals surface area (Å²) in [5, 5.41) is 0. The molecular weight excluding hydrogens is 263 g/mol. The molecule has 1 aromatic rings. The number of hydrogen-bond acceptors (Lipinski definition) is 3. The Labute approximate surface area is 117 Å². The molecule has 0 saturated carbocycles. The van der Waals surface area contributed by atoms with Crippen LogP contribution < -0.4 is 0 Å². The number of rotatable bonds is 3. The van der Waals surface area contributed by atoms with E-state index in [1.807, 2.05) is 6.92 Å². The lowest BCUT2D eigenvalue weighted by atomic mass is 9.93. The second-order valence-electron chi connectivity index (χ2n) is 5.70. The fourth-order valence-electron chi connectivity index (χ4n) is 2.69. The minimum Gasteiger partial charge on any atom is -0.347 e. The van der Waals surface area contributed by atoms with Gasteiger partial charge in [-0.1, -0.05) is 17.7 Å². The van der Waals surface area contributed by atoms with Gasteiger partial charge in [0.05, 0.1) is 6.61 Å². The van der Waals surface area contributed by atoms with Crippen molar-refractivity contribution in [2.45, 2.75) is 49.1 Å². The lowest BCUT2D eigenvalue weighted by Gasteiger charge is -2.38. The zero-order valence-corrected chi connectivity index (χ0v) is 12.1. The van der Waals surface area contributed by atoms with Crippen molar-refractivity contribution in [1.82, 2.24) is 0 Å². The van der Waals surface area contributed by atoms with Gasteiger partial charge >= 0.3 is 0 Å². The van der Waals surface area contributed by atoms with E-state index < -0.39 is 17.6 Å². The van der Waals surface area contributed by atoms with E-state index in [2.05, 4.69) is 31.2 Å². The summed E-state index contributed by atoms with van der Waals surface area (Å²) < 4.78 is 25.8. The van der Waals surface area contributed by atoms with Crippen molar-refractivity contribution in [2.24, 2.45) is 0 Å². The molecule has 4 heteroatoms. The Morgan fingerprint density at radius 2 is 2.11 bits per heavy atom. The van der Waals surface area contributed by atoms with E-state index in [1.54, 1.807) is 11.8 Å². The molecule has 0 aliphatic carbocycles. The third-order valence-electron chi connectivity index (χ3n) is 3.97. The molecule has 2 aliphatic rings. The van der Waals surface area contributed by atoms with Gasteiger partial charge in [0, 0.05) is 17.1 Å². The normalized spacial score (nSPS) is 37.5. The van der Waals surface area contributed by atoms with Crippen LogP contribution in [0.4, 0.5) is 4.39 Å². The van der Waals surface area contributed by atoms with Crippen molar-refractivity contribution in [3.05, 3.63) is 29.8 Å². The number of ether oxygens (including phenoxy) is 2. The molecule has 104 valence electrons. The second-order valence-corrected chi connectivity index (χ2v) is 6.75. The molecule has 1 aromatic carbocycles. The van der Waals surface area contributed by atoms with Gasteiger partial charge in [-0.25, -0.2) is 4.39 Å². The maximum Gasteiger partial charge on any atom is 0.166 e. The molecule has 19 heavy (non-hydrogen) atoms. The van der Waals surface area contributed by atoms with Crippen molar-refractivity contribution < 1.29 is 13.9 Å². The maximum atomic E-state index is 14.2. The number of fused-ring (bicyclic) bond motifs is 2. The van der Waals surface area contributed by atoms with Crippen molar-refractivity contribution in [3.8, 4) is 0 Å². The molecule has 2 aliphatic heterocycles. The molecule has 2 fully saturated rings. The van der Waals surface area contributed by atoms with Crippen LogP contribution in [0.25, 0.3) is 0 Å². The summed E-state index contributed by atoms with van der Waals surface area (Å²) in [4.78, 5) is 1.15. The lowest BCUT2D eigenvalue weighted by molar-refractivity contribution is -0.212. The Morgan fingerprint density at radius 1 is 1.37 bits per heavy atom. The molecule has 3 atom stereocenters. The van der Waals surface area contributed by atoms with E-state index in [4.69, 9.17) is 9.47 Å². The van der Waals surface area contributed by atoms with Crippen LogP contribution in [0.3, 0.4) is 0 Å². The molecule has 2 bridgehead atoms. The minimum atomic E-state index is -0.930. The van der Waals surface area contributed by atoms with Gasteiger partial charge in [-0.15, -0.1) is 11.8 Å². The SMILES string of the molecule is Cc1ccc(SC[C@@]23CO[C@@](C)(CC[C@@H]2F)O3)cc1. The van der Waals surface area contributed by atoms with Crippen molar-refractivity contribution in [1.29, 1.82) is 0 Å². The summed E-state index contributed by atoms with van der Waals surface area (Å²) in [7, 11) is 0. The van der Waals surface area contributed by atoms with E-state index in [1.165, 1.54) is 5.56 Å². The van der Waals surface area contributed by atoms with Gasteiger partial charge in [0.15, 0.2) is 5.79 Å². The first kappa shape index (κ1) is 13.4. The monoisotopic (exact) mass is 282 g/mol. The molecule has 0 unspecified atom stereocenters. The number of hydrogen-bond donors (Lipinski definition) is 0. The van der Waals surface area contributed by atoms with Crippen molar-refractivity contribution in [3.63, 3.8) is 0 Å². The number of thioether (sulfide) groups is 1. The Hall–Kier alpha value is -0.580. The van der Waals surface area contributed by atoms with Crippen molar-refractivity contribution >= 4 is 11.8 Å². The summed E-state index contributed by atoms with van der Waals surface area (Å²) in [6.45, 7) is 4.34. The Balaban J connectivity index is 1.70. The summed E-state index contributed by atoms with van der Waals surface area (Å²) >= 11 is 1.64. The number of alkyl halides is 1. The van der Waals surface area contributed by atoms with Crippen LogP contribution in [0.1, 0.15) is 25.3 Å². The van der Waals surface area contributed by atoms with E-state index in [9.17, 15) is 4.39 Å². The average molecular weight is 282 g/mol. The smallest absolute Gasteiger partial charge is 0.166 e. The lowest BCUT2D eigenvalue weighted by Crippen LogP contribution is -2.50. The van der Waals surface area contributed by atoms with Crippen LogP contribution in [-0.2, 0) is 9.47 Å². The molecule has 3 rings (SSSR count). The van der Waals surface area contributed by atoms with Gasteiger partial charge < -0.3 is 9.47 Å². The van der Waals surface area contributed by atoms with E-state index in [0.29, 0.717) is 25.2 Å². The first-order chi connectivity index (χ1) is 9.01. The molecule has 2 heterocycles. The van der Waals surface area contributed by atoms with Gasteiger partial charge in [-0.05, 0) is 32.4 Å². The molecule has 2 saturated heterocycles. The van der Waals surface area contributed by atoms with Gasteiger partial charge in [0.2, 0.25) is 0 Å². The van der Waals surface area contributed by atoms with Gasteiger partial charge in [0.25, 0.3) is 0 Å². The minimum absolute atomic E-state index is 0.365. The molecular formula is C15H19FO2S. The van der Waals surface area contributed by atoms with Gasteiger partial charge in [0.1, 0.15) is 11.8 Å². The molecule has 0 N–H and O–H groups in total. The van der Waals surface area contributed by atoms with Crippen molar-refractivity contribution in [2.75, 3.05) is 12.4 Å². The van der Waals surface area contributed by atoms with E-state index in [-0.39, 0.29) is 0 Å². The molecule has 0 radical (unpaired) electrons. The van der Waals surface area contributed by atoms with E-state index in [0.717, 1.165) is 4.90 Å². The highest BCUT2D eigenvalue weighted by atomic mass is 32.2. The Morgan fingerprint density at radius 3 is 2.84 bits per heavy atom. The fraction of sp³-hybridized carbons (Fsp3) is 0.600. The Bertz CT molecular complexity index is 464. The predicted octanol–water partition coefficient (Wildman–Crippen LogP) is 3.72. The maximum absolute atomic E-state index is 14.2. The Kier molecular flexibility index (Phi) is 3.36. The van der Waals surface area contributed by atoms with Crippen LogP contribution in [0.5, 0.6) is 0 Å². The third-order valence-corrected chi connectivity index (χ3v) is 5.21. The van der Waals surface area contributed by atoms with Crippen LogP contribution in [-0.4, -0.2) is 29.9 Å². The highest BCUT2D eigenvalue weighted by Gasteiger charge is 2.56. The highest BCUT2D eigenvalue weighted by molar-refractivity contribution is 7.99. The average Bonchev–Trinajstić information content (AvgIpc) is 2.69. The zero-order chi connectivity index (χ0) is 13.5. The first-order valence-corrected chi connectivity index (χ1v) is 7.68. The number of aryl methyl sites for hydroxylation is 1. The van der Waals surface area contributed by atoms with E-state index >= 15 is 0 Å². The summed E-state index contributed by atoms with van der Waals surface area (Å²) in [5.41, 5.74) is 0.472. The number of benzene rings is 1. The molecule has 0 amide bonds. The summed E-state index contributed by atoms with van der Waals surface area (Å²) in [5.74, 6) is 0.0310. The first-order valence-electron chi connectivity index (χ1n) is 6.69. The van der Waals surface area contributed by atoms with Crippen LogP contribution in [0.15, 0.2) is 29.2 Å². The molecule has 0 spiro atoms. The highest BCUT2D eigenvalue weighted by Crippen LogP contribution is 2.46. The standard InChI is InChI=1S/C15H19FO2S/c1-11-3-5-12(6-4-11)19-10-15-9-17-14(2,18-15)8-7-13(15)16/h3-6,13H,7-10H2,1-2H3/t13-,14+,15-/m0/s1. The quantitative estimate of drug-likeness (QED) is 0.787. The molecule has 2 nitrogen and oxygen atoms in total. The van der Waals surface area contributed by atoms with Crippen LogP contribution >= 0.6 is 11.8 Å². The summed E-state index contributed by atoms with van der Waals surface area (Å²) in [6.07, 6.45) is 0.247. The van der Waals surface area contributed by atoms with Gasteiger partial charge in [-0.2, -0.15) is 0 Å². The van der Waals surface area contributed by atoms with Crippen LogP contribution in [0.2, 0.25) is 0 Å². The predicted molar refractivity (Wildman–Crippen MR) is 74.2 cm³/mol. The fourth-order valence-corrected chi connectivity index (χ4v) is 3.76. The van der Waals surface area contributed by atoms with Gasteiger partial charge in [-0.3, -0.25) is 0 Å².